The Morgan fingerprint density at radius 1 is 1.15 bits per heavy atom. The SMILES string of the molecule is O=C(OCc1csc(-c2ccccc2)n1)c1cccc(N2CCCC2=O)c1. The molecule has 0 atom stereocenters. The van der Waals surface area contributed by atoms with Crippen LogP contribution in [0.25, 0.3) is 10.6 Å². The van der Waals surface area contributed by atoms with Gasteiger partial charge < -0.3 is 9.64 Å². The number of ether oxygens (including phenoxy) is 1. The molecule has 136 valence electrons. The molecule has 0 saturated carbocycles. The summed E-state index contributed by atoms with van der Waals surface area (Å²) in [6.07, 6.45) is 1.41. The van der Waals surface area contributed by atoms with E-state index in [2.05, 4.69) is 4.98 Å². The van der Waals surface area contributed by atoms with Crippen LogP contribution in [0, 0.1) is 0 Å². The fourth-order valence-electron chi connectivity index (χ4n) is 3.03. The molecular formula is C21H18N2O3S. The number of hydrogen-bond acceptors (Lipinski definition) is 5. The second-order valence-corrected chi connectivity index (χ2v) is 7.14. The van der Waals surface area contributed by atoms with E-state index in [1.54, 1.807) is 23.1 Å². The summed E-state index contributed by atoms with van der Waals surface area (Å²) in [5.41, 5.74) is 2.94. The van der Waals surface area contributed by atoms with E-state index in [9.17, 15) is 9.59 Å². The zero-order valence-electron chi connectivity index (χ0n) is 14.6. The number of anilines is 1. The van der Waals surface area contributed by atoms with Gasteiger partial charge in [-0.2, -0.15) is 0 Å². The first-order valence-corrected chi connectivity index (χ1v) is 9.66. The number of nitrogens with zero attached hydrogens (tertiary/aromatic N) is 2. The lowest BCUT2D eigenvalue weighted by atomic mass is 10.2. The summed E-state index contributed by atoms with van der Waals surface area (Å²) in [7, 11) is 0. The van der Waals surface area contributed by atoms with Crippen LogP contribution >= 0.6 is 11.3 Å². The topological polar surface area (TPSA) is 59.5 Å². The molecule has 1 aliphatic rings. The molecule has 3 aromatic rings. The lowest BCUT2D eigenvalue weighted by molar-refractivity contribution is -0.117. The average Bonchev–Trinajstić information content (AvgIpc) is 3.36. The number of hydrogen-bond donors (Lipinski definition) is 0. The summed E-state index contributed by atoms with van der Waals surface area (Å²) in [5, 5.41) is 2.80. The van der Waals surface area contributed by atoms with Crippen LogP contribution in [0.3, 0.4) is 0 Å². The van der Waals surface area contributed by atoms with Gasteiger partial charge in [-0.3, -0.25) is 4.79 Å². The van der Waals surface area contributed by atoms with Gasteiger partial charge in [-0.15, -0.1) is 11.3 Å². The highest BCUT2D eigenvalue weighted by Crippen LogP contribution is 2.25. The Balaban J connectivity index is 1.41. The van der Waals surface area contributed by atoms with E-state index in [0.29, 0.717) is 18.5 Å². The molecule has 0 aliphatic carbocycles. The van der Waals surface area contributed by atoms with Crippen molar-refractivity contribution in [3.05, 3.63) is 71.2 Å². The number of carbonyl (C=O) groups is 2. The van der Waals surface area contributed by atoms with Gasteiger partial charge in [0.15, 0.2) is 0 Å². The summed E-state index contributed by atoms with van der Waals surface area (Å²) in [6.45, 7) is 0.813. The highest BCUT2D eigenvalue weighted by Gasteiger charge is 2.22. The van der Waals surface area contributed by atoms with Crippen molar-refractivity contribution in [1.29, 1.82) is 0 Å². The molecule has 6 heteroatoms. The number of aromatic nitrogens is 1. The molecule has 2 heterocycles. The van der Waals surface area contributed by atoms with Crippen molar-refractivity contribution < 1.29 is 14.3 Å². The van der Waals surface area contributed by atoms with Gasteiger partial charge >= 0.3 is 5.97 Å². The molecule has 1 fully saturated rings. The Morgan fingerprint density at radius 2 is 2.00 bits per heavy atom. The van der Waals surface area contributed by atoms with Crippen molar-refractivity contribution in [2.24, 2.45) is 0 Å². The van der Waals surface area contributed by atoms with E-state index in [-0.39, 0.29) is 12.5 Å². The summed E-state index contributed by atoms with van der Waals surface area (Å²) >= 11 is 1.52. The van der Waals surface area contributed by atoms with Crippen LogP contribution in [0.4, 0.5) is 5.69 Å². The molecule has 0 unspecified atom stereocenters. The molecule has 4 rings (SSSR count). The molecule has 1 amide bonds. The predicted octanol–water partition coefficient (Wildman–Crippen LogP) is 4.29. The maximum Gasteiger partial charge on any atom is 0.338 e. The van der Waals surface area contributed by atoms with Crippen LogP contribution in [0.15, 0.2) is 60.0 Å². The van der Waals surface area contributed by atoms with Gasteiger partial charge in [0.2, 0.25) is 5.91 Å². The zero-order valence-corrected chi connectivity index (χ0v) is 15.4. The van der Waals surface area contributed by atoms with Crippen molar-refractivity contribution in [2.45, 2.75) is 19.4 Å². The minimum atomic E-state index is -0.419. The number of rotatable bonds is 5. The van der Waals surface area contributed by atoms with Gasteiger partial charge in [-0.25, -0.2) is 9.78 Å². The van der Waals surface area contributed by atoms with Gasteiger partial charge in [0.05, 0.1) is 11.3 Å². The van der Waals surface area contributed by atoms with Gasteiger partial charge in [0, 0.05) is 29.6 Å². The van der Waals surface area contributed by atoms with E-state index >= 15 is 0 Å². The molecule has 1 saturated heterocycles. The van der Waals surface area contributed by atoms with E-state index in [0.717, 1.165) is 28.4 Å². The van der Waals surface area contributed by atoms with Gasteiger partial charge in [0.25, 0.3) is 0 Å². The van der Waals surface area contributed by atoms with Crippen LogP contribution < -0.4 is 4.90 Å². The van der Waals surface area contributed by atoms with Crippen LogP contribution in [0.1, 0.15) is 28.9 Å². The molecule has 27 heavy (non-hydrogen) atoms. The lowest BCUT2D eigenvalue weighted by Crippen LogP contribution is -2.23. The van der Waals surface area contributed by atoms with Crippen LogP contribution in [-0.4, -0.2) is 23.4 Å². The summed E-state index contributed by atoms with van der Waals surface area (Å²) < 4.78 is 5.41. The van der Waals surface area contributed by atoms with Crippen molar-refractivity contribution >= 4 is 28.9 Å². The maximum absolute atomic E-state index is 12.4. The standard InChI is InChI=1S/C21H18N2O3S/c24-19-10-5-11-23(19)18-9-4-8-16(12-18)21(25)26-13-17-14-27-20(22-17)15-6-2-1-3-7-15/h1-4,6-9,12,14H,5,10-11,13H2. The molecular weight excluding hydrogens is 360 g/mol. The minimum Gasteiger partial charge on any atom is -0.456 e. The second-order valence-electron chi connectivity index (χ2n) is 6.29. The summed E-state index contributed by atoms with van der Waals surface area (Å²) in [6, 6.07) is 16.9. The fourth-order valence-corrected chi connectivity index (χ4v) is 3.84. The molecule has 1 aliphatic heterocycles. The number of amides is 1. The van der Waals surface area contributed by atoms with E-state index in [4.69, 9.17) is 4.74 Å². The van der Waals surface area contributed by atoms with E-state index in [1.165, 1.54) is 11.3 Å². The van der Waals surface area contributed by atoms with Crippen LogP contribution in [0.5, 0.6) is 0 Å². The Kier molecular flexibility index (Phi) is 4.98. The molecule has 0 bridgehead atoms. The molecule has 0 spiro atoms. The average molecular weight is 378 g/mol. The largest absolute Gasteiger partial charge is 0.456 e. The molecule has 0 radical (unpaired) electrons. The Bertz CT molecular complexity index is 968. The maximum atomic E-state index is 12.4. The summed E-state index contributed by atoms with van der Waals surface area (Å²) in [5.74, 6) is -0.325. The number of thiazole rings is 1. The molecule has 1 aromatic heterocycles. The minimum absolute atomic E-state index is 0.0939. The van der Waals surface area contributed by atoms with E-state index < -0.39 is 5.97 Å². The van der Waals surface area contributed by atoms with E-state index in [1.807, 2.05) is 41.8 Å². The van der Waals surface area contributed by atoms with Crippen LogP contribution in [-0.2, 0) is 16.1 Å². The Labute approximate surface area is 161 Å². The van der Waals surface area contributed by atoms with Crippen LogP contribution in [0.2, 0.25) is 0 Å². The molecule has 2 aromatic carbocycles. The Morgan fingerprint density at radius 3 is 2.78 bits per heavy atom. The van der Waals surface area contributed by atoms with Crippen molar-refractivity contribution in [3.8, 4) is 10.6 Å². The lowest BCUT2D eigenvalue weighted by Gasteiger charge is -2.16. The third kappa shape index (κ3) is 3.90. The monoisotopic (exact) mass is 378 g/mol. The zero-order chi connectivity index (χ0) is 18.6. The smallest absolute Gasteiger partial charge is 0.338 e. The number of benzene rings is 2. The van der Waals surface area contributed by atoms with Gasteiger partial charge in [-0.05, 0) is 24.6 Å². The first-order chi connectivity index (χ1) is 13.2. The summed E-state index contributed by atoms with van der Waals surface area (Å²) in [4.78, 5) is 30.5. The number of esters is 1. The molecule has 5 nitrogen and oxygen atoms in total. The van der Waals surface area contributed by atoms with Gasteiger partial charge in [-0.1, -0.05) is 36.4 Å². The first kappa shape index (κ1) is 17.4. The third-order valence-electron chi connectivity index (χ3n) is 4.39. The predicted molar refractivity (Wildman–Crippen MR) is 105 cm³/mol. The number of carbonyl (C=O) groups excluding carboxylic acids is 2. The quantitative estimate of drug-likeness (QED) is 0.621. The van der Waals surface area contributed by atoms with Crippen molar-refractivity contribution in [1.82, 2.24) is 4.98 Å². The Hall–Kier alpha value is -2.99. The molecule has 0 N–H and O–H groups in total. The van der Waals surface area contributed by atoms with Gasteiger partial charge in [0.1, 0.15) is 11.6 Å². The normalized spacial score (nSPS) is 13.8. The first-order valence-electron chi connectivity index (χ1n) is 8.78. The highest BCUT2D eigenvalue weighted by atomic mass is 32.1. The van der Waals surface area contributed by atoms with Crippen molar-refractivity contribution in [2.75, 3.05) is 11.4 Å². The third-order valence-corrected chi connectivity index (χ3v) is 5.33. The highest BCUT2D eigenvalue weighted by molar-refractivity contribution is 7.13. The second kappa shape index (κ2) is 7.72. The van der Waals surface area contributed by atoms with Crippen molar-refractivity contribution in [3.63, 3.8) is 0 Å². The fraction of sp³-hybridized carbons (Fsp3) is 0.190.